The first-order valence-electron chi connectivity index (χ1n) is 5.93. The molecule has 2 rings (SSSR count). The molecule has 0 atom stereocenters. The van der Waals surface area contributed by atoms with E-state index in [1.165, 1.54) is 18.3 Å². The van der Waals surface area contributed by atoms with Crippen LogP contribution >= 0.6 is 0 Å². The van der Waals surface area contributed by atoms with Gasteiger partial charge in [-0.1, -0.05) is 13.8 Å². The van der Waals surface area contributed by atoms with Crippen molar-refractivity contribution in [3.05, 3.63) is 41.3 Å². The minimum Gasteiger partial charge on any atom is -0.478 e. The van der Waals surface area contributed by atoms with Gasteiger partial charge in [0, 0.05) is 11.9 Å². The third-order valence-corrected chi connectivity index (χ3v) is 2.77. The summed E-state index contributed by atoms with van der Waals surface area (Å²) in [4.78, 5) is 15.1. The van der Waals surface area contributed by atoms with E-state index in [2.05, 4.69) is 10.1 Å². The molecule has 0 fully saturated rings. The van der Waals surface area contributed by atoms with Crippen LogP contribution < -0.4 is 0 Å². The van der Waals surface area contributed by atoms with Crippen molar-refractivity contribution in [2.24, 2.45) is 0 Å². The SMILES string of the molecule is CCc1cc(CC)n(-c2cc(C(=O)O)ccn2)n1. The number of nitrogens with zero attached hydrogens (tertiary/aromatic N) is 3. The average molecular weight is 245 g/mol. The largest absolute Gasteiger partial charge is 0.478 e. The molecule has 1 N–H and O–H groups in total. The van der Waals surface area contributed by atoms with Crippen LogP contribution in [0.25, 0.3) is 5.82 Å². The van der Waals surface area contributed by atoms with Crippen LogP contribution in [0.4, 0.5) is 0 Å². The van der Waals surface area contributed by atoms with E-state index in [0.29, 0.717) is 5.82 Å². The second kappa shape index (κ2) is 5.00. The van der Waals surface area contributed by atoms with Crippen molar-refractivity contribution in [2.75, 3.05) is 0 Å². The second-order valence-corrected chi connectivity index (χ2v) is 3.95. The molecule has 0 amide bonds. The van der Waals surface area contributed by atoms with Crippen LogP contribution in [-0.4, -0.2) is 25.8 Å². The molecule has 0 aromatic carbocycles. The Morgan fingerprint density at radius 3 is 2.72 bits per heavy atom. The van der Waals surface area contributed by atoms with E-state index in [1.54, 1.807) is 4.68 Å². The molecule has 0 unspecified atom stereocenters. The van der Waals surface area contributed by atoms with Crippen LogP contribution in [0, 0.1) is 0 Å². The van der Waals surface area contributed by atoms with Crippen LogP contribution in [0.2, 0.25) is 0 Å². The number of carbonyl (C=O) groups is 1. The highest BCUT2D eigenvalue weighted by Gasteiger charge is 2.10. The van der Waals surface area contributed by atoms with Gasteiger partial charge >= 0.3 is 5.97 Å². The Bertz CT molecular complexity index is 575. The summed E-state index contributed by atoms with van der Waals surface area (Å²) >= 11 is 0. The van der Waals surface area contributed by atoms with Gasteiger partial charge in [-0.15, -0.1) is 0 Å². The lowest BCUT2D eigenvalue weighted by Gasteiger charge is -2.05. The number of aryl methyl sites for hydroxylation is 2. The van der Waals surface area contributed by atoms with E-state index in [1.807, 2.05) is 19.9 Å². The predicted octanol–water partition coefficient (Wildman–Crippen LogP) is 2.09. The normalized spacial score (nSPS) is 10.6. The highest BCUT2D eigenvalue weighted by atomic mass is 16.4. The number of aromatic nitrogens is 3. The van der Waals surface area contributed by atoms with E-state index in [4.69, 9.17) is 5.11 Å². The molecule has 2 aromatic heterocycles. The van der Waals surface area contributed by atoms with Crippen LogP contribution in [0.15, 0.2) is 24.4 Å². The zero-order valence-corrected chi connectivity index (χ0v) is 10.4. The first-order valence-corrected chi connectivity index (χ1v) is 5.93. The number of aromatic carboxylic acids is 1. The Morgan fingerprint density at radius 1 is 1.33 bits per heavy atom. The van der Waals surface area contributed by atoms with Crippen LogP contribution in [0.3, 0.4) is 0 Å². The molecule has 0 aliphatic carbocycles. The molecule has 0 aliphatic rings. The van der Waals surface area contributed by atoms with Crippen LogP contribution in [0.1, 0.15) is 35.6 Å². The summed E-state index contributed by atoms with van der Waals surface area (Å²) in [5, 5.41) is 13.4. The standard InChI is InChI=1S/C13H15N3O2/c1-3-10-8-11(4-2)16(15-10)12-7-9(13(17)18)5-6-14-12/h5-8H,3-4H2,1-2H3,(H,17,18). The van der Waals surface area contributed by atoms with Crippen molar-refractivity contribution in [2.45, 2.75) is 26.7 Å². The molecule has 0 radical (unpaired) electrons. The zero-order chi connectivity index (χ0) is 13.1. The fourth-order valence-electron chi connectivity index (χ4n) is 1.77. The van der Waals surface area contributed by atoms with Crippen molar-refractivity contribution in [3.8, 4) is 5.82 Å². The molecular formula is C13H15N3O2. The van der Waals surface area contributed by atoms with Gasteiger partial charge in [0.2, 0.25) is 0 Å². The van der Waals surface area contributed by atoms with E-state index in [-0.39, 0.29) is 5.56 Å². The van der Waals surface area contributed by atoms with E-state index < -0.39 is 5.97 Å². The molecule has 0 bridgehead atoms. The van der Waals surface area contributed by atoms with Crippen molar-refractivity contribution in [1.82, 2.24) is 14.8 Å². The zero-order valence-electron chi connectivity index (χ0n) is 10.4. The van der Waals surface area contributed by atoms with Gasteiger partial charge in [0.25, 0.3) is 0 Å². The van der Waals surface area contributed by atoms with Crippen molar-refractivity contribution >= 4 is 5.97 Å². The molecule has 5 nitrogen and oxygen atoms in total. The Hall–Kier alpha value is -2.17. The minimum absolute atomic E-state index is 0.218. The summed E-state index contributed by atoms with van der Waals surface area (Å²) in [5.41, 5.74) is 2.23. The summed E-state index contributed by atoms with van der Waals surface area (Å²) < 4.78 is 1.71. The van der Waals surface area contributed by atoms with Gasteiger partial charge in [-0.25, -0.2) is 14.5 Å². The average Bonchev–Trinajstić information content (AvgIpc) is 2.82. The maximum absolute atomic E-state index is 10.9. The molecule has 18 heavy (non-hydrogen) atoms. The molecule has 0 spiro atoms. The highest BCUT2D eigenvalue weighted by Crippen LogP contribution is 2.13. The van der Waals surface area contributed by atoms with Crippen molar-refractivity contribution in [3.63, 3.8) is 0 Å². The maximum Gasteiger partial charge on any atom is 0.335 e. The first-order chi connectivity index (χ1) is 8.65. The minimum atomic E-state index is -0.959. The topological polar surface area (TPSA) is 68.0 Å². The molecule has 2 heterocycles. The molecule has 0 aliphatic heterocycles. The molecule has 2 aromatic rings. The lowest BCUT2D eigenvalue weighted by atomic mass is 10.2. The summed E-state index contributed by atoms with van der Waals surface area (Å²) in [6.07, 6.45) is 3.16. The van der Waals surface area contributed by atoms with Gasteiger partial charge in [0.1, 0.15) is 0 Å². The maximum atomic E-state index is 10.9. The van der Waals surface area contributed by atoms with Gasteiger partial charge in [-0.3, -0.25) is 0 Å². The van der Waals surface area contributed by atoms with E-state index in [9.17, 15) is 4.79 Å². The second-order valence-electron chi connectivity index (χ2n) is 3.95. The lowest BCUT2D eigenvalue weighted by molar-refractivity contribution is 0.0696. The number of rotatable bonds is 4. The summed E-state index contributed by atoms with van der Waals surface area (Å²) in [7, 11) is 0. The molecule has 0 saturated heterocycles. The van der Waals surface area contributed by atoms with Gasteiger partial charge < -0.3 is 5.11 Å². The predicted molar refractivity (Wildman–Crippen MR) is 67.1 cm³/mol. The van der Waals surface area contributed by atoms with Gasteiger partial charge in [0.05, 0.1) is 11.3 Å². The summed E-state index contributed by atoms with van der Waals surface area (Å²) in [5.74, 6) is -0.411. The highest BCUT2D eigenvalue weighted by molar-refractivity contribution is 5.87. The number of carboxylic acid groups (broad SMARTS) is 1. The van der Waals surface area contributed by atoms with Gasteiger partial charge in [-0.05, 0) is 31.0 Å². The molecule has 94 valence electrons. The monoisotopic (exact) mass is 245 g/mol. The van der Waals surface area contributed by atoms with Crippen LogP contribution in [0.5, 0.6) is 0 Å². The van der Waals surface area contributed by atoms with Crippen LogP contribution in [-0.2, 0) is 12.8 Å². The molecule has 5 heteroatoms. The molecule has 0 saturated carbocycles. The van der Waals surface area contributed by atoms with E-state index >= 15 is 0 Å². The fraction of sp³-hybridized carbons (Fsp3) is 0.308. The number of pyridine rings is 1. The Kier molecular flexibility index (Phi) is 3.41. The third kappa shape index (κ3) is 2.25. The Morgan fingerprint density at radius 2 is 2.11 bits per heavy atom. The Labute approximate surface area is 105 Å². The summed E-state index contributed by atoms with van der Waals surface area (Å²) in [6, 6.07) is 5.03. The third-order valence-electron chi connectivity index (χ3n) is 2.77. The number of carboxylic acids is 1. The van der Waals surface area contributed by atoms with Gasteiger partial charge in [-0.2, -0.15) is 5.10 Å². The smallest absolute Gasteiger partial charge is 0.335 e. The fourth-order valence-corrected chi connectivity index (χ4v) is 1.77. The van der Waals surface area contributed by atoms with E-state index in [0.717, 1.165) is 24.2 Å². The first kappa shape index (κ1) is 12.3. The Balaban J connectivity index is 2.50. The quantitative estimate of drug-likeness (QED) is 0.895. The number of hydrogen-bond donors (Lipinski definition) is 1. The number of hydrogen-bond acceptors (Lipinski definition) is 3. The lowest BCUT2D eigenvalue weighted by Crippen LogP contribution is -2.06. The van der Waals surface area contributed by atoms with Crippen molar-refractivity contribution < 1.29 is 9.90 Å². The van der Waals surface area contributed by atoms with Crippen molar-refractivity contribution in [1.29, 1.82) is 0 Å². The van der Waals surface area contributed by atoms with Gasteiger partial charge in [0.15, 0.2) is 5.82 Å². The molecular weight excluding hydrogens is 230 g/mol. The summed E-state index contributed by atoms with van der Waals surface area (Å²) in [6.45, 7) is 4.07.